The smallest absolute Gasteiger partial charge is 0.261 e. The van der Waals surface area contributed by atoms with Crippen LogP contribution in [0.4, 0.5) is 0 Å². The first-order valence-corrected chi connectivity index (χ1v) is 7.36. The summed E-state index contributed by atoms with van der Waals surface area (Å²) in [6, 6.07) is 3.67. The molecule has 1 saturated carbocycles. The number of hydrogen-bond donors (Lipinski definition) is 2. The third-order valence-corrected chi connectivity index (χ3v) is 4.31. The normalized spacial score (nSPS) is 14.7. The zero-order valence-electron chi connectivity index (χ0n) is 11.3. The van der Waals surface area contributed by atoms with Gasteiger partial charge in [-0.15, -0.1) is 11.3 Å². The molecule has 4 heteroatoms. The maximum absolute atomic E-state index is 12.1. The van der Waals surface area contributed by atoms with Gasteiger partial charge in [-0.3, -0.25) is 4.79 Å². The molecule has 0 atom stereocenters. The Kier molecular flexibility index (Phi) is 4.28. The zero-order chi connectivity index (χ0) is 13.9. The SMILES string of the molecule is CC(C)(NC(=O)c1ccc(C#CCCO)s1)C1CC1. The fraction of sp³-hybridized carbons (Fsp3) is 0.533. The molecular formula is C15H19NO2S. The van der Waals surface area contributed by atoms with E-state index in [-0.39, 0.29) is 18.1 Å². The van der Waals surface area contributed by atoms with Crippen LogP contribution in [-0.4, -0.2) is 23.2 Å². The lowest BCUT2D eigenvalue weighted by Gasteiger charge is -2.25. The van der Waals surface area contributed by atoms with Crippen molar-refractivity contribution in [3.05, 3.63) is 21.9 Å². The minimum Gasteiger partial charge on any atom is -0.395 e. The second-order valence-corrected chi connectivity index (χ2v) is 6.47. The van der Waals surface area contributed by atoms with Gasteiger partial charge >= 0.3 is 0 Å². The first-order valence-electron chi connectivity index (χ1n) is 6.55. The first-order chi connectivity index (χ1) is 9.03. The van der Waals surface area contributed by atoms with Crippen molar-refractivity contribution in [1.82, 2.24) is 5.32 Å². The van der Waals surface area contributed by atoms with Crippen LogP contribution in [0, 0.1) is 17.8 Å². The lowest BCUT2D eigenvalue weighted by atomic mass is 9.99. The molecule has 1 fully saturated rings. The largest absolute Gasteiger partial charge is 0.395 e. The maximum atomic E-state index is 12.1. The number of aliphatic hydroxyl groups excluding tert-OH is 1. The van der Waals surface area contributed by atoms with Crippen molar-refractivity contribution in [2.75, 3.05) is 6.61 Å². The van der Waals surface area contributed by atoms with Crippen molar-refractivity contribution < 1.29 is 9.90 Å². The van der Waals surface area contributed by atoms with Crippen LogP contribution in [0.3, 0.4) is 0 Å². The molecule has 0 radical (unpaired) electrons. The Hall–Kier alpha value is -1.31. The molecule has 1 aliphatic carbocycles. The standard InChI is InChI=1S/C15H19NO2S/c1-15(2,11-6-7-11)16-14(18)13-9-8-12(19-13)5-3-4-10-17/h8-9,11,17H,4,6-7,10H2,1-2H3,(H,16,18). The van der Waals surface area contributed by atoms with Crippen LogP contribution in [0.15, 0.2) is 12.1 Å². The molecule has 0 unspecified atom stereocenters. The minimum absolute atomic E-state index is 0.0166. The van der Waals surface area contributed by atoms with E-state index >= 15 is 0 Å². The van der Waals surface area contributed by atoms with Gasteiger partial charge in [0.2, 0.25) is 0 Å². The Labute approximate surface area is 118 Å². The molecule has 1 aromatic heterocycles. The highest BCUT2D eigenvalue weighted by Gasteiger charge is 2.38. The van der Waals surface area contributed by atoms with Crippen LogP contribution < -0.4 is 5.32 Å². The molecule has 2 rings (SSSR count). The quantitative estimate of drug-likeness (QED) is 0.830. The fourth-order valence-electron chi connectivity index (χ4n) is 1.99. The van der Waals surface area contributed by atoms with E-state index in [9.17, 15) is 4.79 Å². The summed E-state index contributed by atoms with van der Waals surface area (Å²) >= 11 is 1.40. The van der Waals surface area contributed by atoms with Gasteiger partial charge < -0.3 is 10.4 Å². The third kappa shape index (κ3) is 3.82. The van der Waals surface area contributed by atoms with Gasteiger partial charge in [-0.05, 0) is 44.7 Å². The summed E-state index contributed by atoms with van der Waals surface area (Å²) in [5, 5.41) is 11.8. The van der Waals surface area contributed by atoms with Crippen molar-refractivity contribution in [3.63, 3.8) is 0 Å². The van der Waals surface area contributed by atoms with Gasteiger partial charge in [0.05, 0.1) is 16.4 Å². The zero-order valence-corrected chi connectivity index (χ0v) is 12.1. The molecular weight excluding hydrogens is 258 g/mol. The topological polar surface area (TPSA) is 49.3 Å². The van der Waals surface area contributed by atoms with Crippen LogP contribution in [-0.2, 0) is 0 Å². The average Bonchev–Trinajstić information content (AvgIpc) is 3.10. The van der Waals surface area contributed by atoms with E-state index in [2.05, 4.69) is 31.0 Å². The number of aliphatic hydroxyl groups is 1. The molecule has 1 heterocycles. The van der Waals surface area contributed by atoms with Gasteiger partial charge in [0.15, 0.2) is 0 Å². The van der Waals surface area contributed by atoms with Gasteiger partial charge in [0, 0.05) is 12.0 Å². The molecule has 0 aromatic carbocycles. The predicted octanol–water partition coefficient (Wildman–Crippen LogP) is 2.40. The predicted molar refractivity (Wildman–Crippen MR) is 77.2 cm³/mol. The van der Waals surface area contributed by atoms with Crippen LogP contribution in [0.2, 0.25) is 0 Å². The third-order valence-electron chi connectivity index (χ3n) is 3.31. The molecule has 1 aromatic rings. The van der Waals surface area contributed by atoms with Crippen molar-refractivity contribution in [2.45, 2.75) is 38.6 Å². The van der Waals surface area contributed by atoms with Crippen LogP contribution >= 0.6 is 11.3 Å². The van der Waals surface area contributed by atoms with Gasteiger partial charge in [-0.25, -0.2) is 0 Å². The van der Waals surface area contributed by atoms with Crippen molar-refractivity contribution in [1.29, 1.82) is 0 Å². The number of thiophene rings is 1. The number of carbonyl (C=O) groups is 1. The summed E-state index contributed by atoms with van der Waals surface area (Å²) < 4.78 is 0. The summed E-state index contributed by atoms with van der Waals surface area (Å²) in [5.41, 5.74) is -0.121. The highest BCUT2D eigenvalue weighted by atomic mass is 32.1. The minimum atomic E-state index is -0.121. The van der Waals surface area contributed by atoms with E-state index in [1.807, 2.05) is 12.1 Å². The molecule has 2 N–H and O–H groups in total. The van der Waals surface area contributed by atoms with E-state index in [4.69, 9.17) is 5.11 Å². The highest BCUT2D eigenvalue weighted by Crippen LogP contribution is 2.39. The average molecular weight is 277 g/mol. The number of amides is 1. The van der Waals surface area contributed by atoms with Gasteiger partial charge in [0.1, 0.15) is 0 Å². The lowest BCUT2D eigenvalue weighted by molar-refractivity contribution is 0.0907. The summed E-state index contributed by atoms with van der Waals surface area (Å²) in [6.07, 6.45) is 2.87. The second kappa shape index (κ2) is 5.77. The van der Waals surface area contributed by atoms with Gasteiger partial charge in [0.25, 0.3) is 5.91 Å². The molecule has 1 aliphatic rings. The first kappa shape index (κ1) is 14.1. The molecule has 19 heavy (non-hydrogen) atoms. The fourth-order valence-corrected chi connectivity index (χ4v) is 2.77. The summed E-state index contributed by atoms with van der Waals surface area (Å²) in [7, 11) is 0. The van der Waals surface area contributed by atoms with Crippen LogP contribution in [0.5, 0.6) is 0 Å². The number of nitrogens with one attached hydrogen (secondary N) is 1. The monoisotopic (exact) mass is 277 g/mol. The van der Waals surface area contributed by atoms with Gasteiger partial charge in [-0.2, -0.15) is 0 Å². The van der Waals surface area contributed by atoms with E-state index < -0.39 is 0 Å². The molecule has 102 valence electrons. The Morgan fingerprint density at radius 2 is 2.26 bits per heavy atom. The maximum Gasteiger partial charge on any atom is 0.261 e. The molecule has 0 spiro atoms. The second-order valence-electron chi connectivity index (χ2n) is 5.39. The Morgan fingerprint density at radius 3 is 2.89 bits per heavy atom. The molecule has 0 saturated heterocycles. The Balaban J connectivity index is 1.98. The van der Waals surface area contributed by atoms with E-state index in [1.165, 1.54) is 24.2 Å². The molecule has 3 nitrogen and oxygen atoms in total. The van der Waals surface area contributed by atoms with Crippen LogP contribution in [0.25, 0.3) is 0 Å². The van der Waals surface area contributed by atoms with Crippen molar-refractivity contribution in [2.24, 2.45) is 5.92 Å². The van der Waals surface area contributed by atoms with E-state index in [0.717, 1.165) is 4.88 Å². The van der Waals surface area contributed by atoms with Gasteiger partial charge in [-0.1, -0.05) is 11.8 Å². The summed E-state index contributed by atoms with van der Waals surface area (Å²) in [6.45, 7) is 4.23. The molecule has 0 bridgehead atoms. The van der Waals surface area contributed by atoms with E-state index in [0.29, 0.717) is 17.2 Å². The number of hydrogen-bond acceptors (Lipinski definition) is 3. The summed E-state index contributed by atoms with van der Waals surface area (Å²) in [5.74, 6) is 6.40. The Morgan fingerprint density at radius 1 is 1.53 bits per heavy atom. The van der Waals surface area contributed by atoms with Crippen molar-refractivity contribution in [3.8, 4) is 11.8 Å². The number of rotatable bonds is 4. The highest BCUT2D eigenvalue weighted by molar-refractivity contribution is 7.14. The lowest BCUT2D eigenvalue weighted by Crippen LogP contribution is -2.44. The molecule has 0 aliphatic heterocycles. The summed E-state index contributed by atoms with van der Waals surface area (Å²) in [4.78, 5) is 13.7. The number of carbonyl (C=O) groups excluding carboxylic acids is 1. The van der Waals surface area contributed by atoms with Crippen LogP contribution in [0.1, 0.15) is 47.7 Å². The van der Waals surface area contributed by atoms with E-state index in [1.54, 1.807) is 0 Å². The Bertz CT molecular complexity index is 518. The van der Waals surface area contributed by atoms with Crippen molar-refractivity contribution >= 4 is 17.2 Å². The molecule has 1 amide bonds.